The number of hydrogen-bond donors (Lipinski definition) is 7. The van der Waals surface area contributed by atoms with Crippen molar-refractivity contribution >= 4 is 173 Å². The van der Waals surface area contributed by atoms with Crippen LogP contribution in [0.1, 0.15) is 40.3 Å². The van der Waals surface area contributed by atoms with E-state index in [1.54, 1.807) is 99.6 Å². The van der Waals surface area contributed by atoms with Gasteiger partial charge in [0, 0.05) is 140 Å². The summed E-state index contributed by atoms with van der Waals surface area (Å²) < 4.78 is 42.6. The molecule has 1 fully saturated rings. The molecule has 15 aromatic heterocycles. The third-order valence-corrected chi connectivity index (χ3v) is 18.0. The molecule has 0 atom stereocenters. The van der Waals surface area contributed by atoms with Gasteiger partial charge in [0.2, 0.25) is 23.3 Å². The zero-order valence-electron chi connectivity index (χ0n) is 63.1. The van der Waals surface area contributed by atoms with Crippen LogP contribution >= 0.6 is 43.5 Å². The molecule has 1 saturated heterocycles. The molecule has 0 amide bonds. The maximum atomic E-state index is 9.04. The Morgan fingerprint density at radius 1 is 0.496 bits per heavy atom. The lowest BCUT2D eigenvalue weighted by molar-refractivity contribution is -0.105. The summed E-state index contributed by atoms with van der Waals surface area (Å²) in [6.07, 6.45) is 36.3. The molecule has 35 nitrogen and oxygen atoms in total. The summed E-state index contributed by atoms with van der Waals surface area (Å²) in [6, 6.07) is 30.8. The summed E-state index contributed by atoms with van der Waals surface area (Å²) in [5.41, 5.74) is 43.6. The molecule has 20 rings (SSSR count). The Labute approximate surface area is 687 Å². The number of nitrogens with zero attached hydrogens (tertiary/aromatic N) is 20. The number of anilines is 5. The van der Waals surface area contributed by atoms with Crippen molar-refractivity contribution in [2.45, 2.75) is 52.7 Å². The number of carbonyl (C=O) groups is 1. The molecule has 0 spiro atoms. The minimum atomic E-state index is -0.396. The topological polar surface area (TPSA) is 514 Å². The van der Waals surface area contributed by atoms with E-state index in [1.165, 1.54) is 0 Å². The number of aliphatic hydroxyl groups is 1. The first-order valence-corrected chi connectivity index (χ1v) is 37.1. The Kier molecular flexibility index (Phi) is 27.8. The monoisotopic (exact) mass is 1720 g/mol. The third-order valence-electron chi connectivity index (χ3n) is 17.1. The largest absolute Gasteiger partial charge is 0.494 e. The fourth-order valence-corrected chi connectivity index (χ4v) is 11.4. The molecule has 0 bridgehead atoms. The number of halogens is 3. The van der Waals surface area contributed by atoms with Gasteiger partial charge in [-0.2, -0.15) is 19.9 Å². The Balaban J connectivity index is 0.000000136. The Morgan fingerprint density at radius 2 is 0.949 bits per heavy atom. The standard InChI is InChI=1S/C18H12N6O.C14H11N5O.C13H17BN2O3.C13H9N5O.C6H4BrN3.C5H5BNO.C4H4BrN3.C2H3ClO.C2H6O.H2O/c19-18-23-13-7-12(1-2-16(13)25-18)14-10-24-15(8-22-17(24)9-21-14)11-3-5-20-6-4-11;1-8-5-16-14-17-6-10(7-19(8)14)9-2-3-12-11(4-9)18-13(15)20-12;1-12(2)13(3,4)19-14(18-12)8-5-6-10-9(7-8)16-11(15)17-10;14-12-17-10-5-8(1-2-11(10)19-12)9-6-16-13-15-3-4-18(13)7-9;7-5-3-9-6-8-1-2-10(6)4-5;8-6-5-1-3-7-4-2-5;5-3-1-7-4(6)8-2-3;3-1-2-4;1-2-3;/h1-10H,(H2,19,23);2-7H,1H3,(H2,15,18);5-7H,1-4H3,(H2,15,16);1-7H,(H2,14,17);1-4H;1-4,8H;1-2H,(H2,6,7,8);2H,1H2;3H,2H2,1H3;1H2. The number of aryl methyl sites for hydroxylation is 1. The average Bonchev–Trinajstić information content (AvgIpc) is 1.62. The van der Waals surface area contributed by atoms with Crippen LogP contribution in [0.2, 0.25) is 0 Å². The highest BCUT2D eigenvalue weighted by molar-refractivity contribution is 9.10. The molecule has 0 unspecified atom stereocenters. The highest BCUT2D eigenvalue weighted by Gasteiger charge is 2.51. The van der Waals surface area contributed by atoms with Crippen molar-refractivity contribution in [1.82, 2.24) is 97.3 Å². The number of carbonyl (C=O) groups excluding carboxylic acids is 1. The number of benzene rings is 4. The highest BCUT2D eigenvalue weighted by Crippen LogP contribution is 2.37. The number of aldehydes is 1. The fraction of sp³-hybridized carbons (Fsp3) is 0.130. The van der Waals surface area contributed by atoms with Crippen LogP contribution in [0.5, 0.6) is 0 Å². The lowest BCUT2D eigenvalue weighted by Gasteiger charge is -2.32. The van der Waals surface area contributed by atoms with Crippen molar-refractivity contribution in [3.63, 3.8) is 0 Å². The number of aromatic nitrogens is 20. The fourth-order valence-electron chi connectivity index (χ4n) is 10.9. The second-order valence-corrected chi connectivity index (χ2v) is 27.7. The number of alkyl halides is 1. The minimum absolute atomic E-state index is 0. The smallest absolute Gasteiger partial charge is 0.450 e. The average molecular weight is 1730 g/mol. The van der Waals surface area contributed by atoms with Crippen LogP contribution in [0.3, 0.4) is 0 Å². The summed E-state index contributed by atoms with van der Waals surface area (Å²) in [4.78, 5) is 74.8. The quantitative estimate of drug-likeness (QED) is 0.0443. The second-order valence-electron chi connectivity index (χ2n) is 25.6. The molecule has 40 heteroatoms. The lowest BCUT2D eigenvalue weighted by atomic mass is 9.79. The zero-order valence-corrected chi connectivity index (χ0v) is 67.1. The van der Waals surface area contributed by atoms with E-state index in [0.717, 1.165) is 100 Å². The number of fused-ring (bicyclic) bond motifs is 8. The van der Waals surface area contributed by atoms with Crippen LogP contribution in [-0.2, 0) is 14.1 Å². The molecular weight excluding hydrogens is 1650 g/mol. The summed E-state index contributed by atoms with van der Waals surface area (Å²) >= 11 is 11.3. The van der Waals surface area contributed by atoms with Gasteiger partial charge < -0.3 is 76.0 Å². The summed E-state index contributed by atoms with van der Waals surface area (Å²) in [5.74, 6) is 2.50. The van der Waals surface area contributed by atoms with Crippen LogP contribution in [-0.4, -0.2) is 158 Å². The lowest BCUT2D eigenvalue weighted by Crippen LogP contribution is -2.41. The summed E-state index contributed by atoms with van der Waals surface area (Å²) in [5, 5.41) is 16.0. The number of pyridine rings is 2. The van der Waals surface area contributed by atoms with E-state index in [9.17, 15) is 0 Å². The zero-order chi connectivity index (χ0) is 82.0. The number of nitrogen functional groups attached to an aromatic ring is 5. The van der Waals surface area contributed by atoms with Crippen LogP contribution in [0.4, 0.5) is 30.0 Å². The van der Waals surface area contributed by atoms with Gasteiger partial charge in [-0.15, -0.1) is 11.6 Å². The van der Waals surface area contributed by atoms with Gasteiger partial charge in [-0.05, 0) is 169 Å². The van der Waals surface area contributed by atoms with E-state index in [4.69, 9.17) is 82.2 Å². The first-order chi connectivity index (χ1) is 56.0. The van der Waals surface area contributed by atoms with Crippen LogP contribution in [0.15, 0.2) is 248 Å². The maximum absolute atomic E-state index is 9.04. The molecule has 19 aromatic rings. The second kappa shape index (κ2) is 38.5. The number of hydrogen-bond acceptors (Lipinski definition) is 30. The van der Waals surface area contributed by atoms with Crippen LogP contribution < -0.4 is 39.6 Å². The predicted octanol–water partition coefficient (Wildman–Crippen LogP) is 10.7. The summed E-state index contributed by atoms with van der Waals surface area (Å²) in [7, 11) is 0.647. The molecule has 1 aliphatic rings. The SMILES string of the molecule is Brc1cnc2nccn2c1.CC1(C)OB(c2ccc3oc(N)nc3c2)OC1(C)C.CCO.Cc1cnc2ncc(-c3ccc4oc(N)nc4c3)cn12.Nc1nc2cc(-c3cn4c(-c5ccncc5)cnc4cn3)ccc2o1.Nc1nc2cc(-c3cnc4nccn4c3)ccc2o1.Nc1ncc(Br)cn1.O.O=CCCl.O[B]c1ccncc1. The van der Waals surface area contributed by atoms with E-state index in [2.05, 4.69) is 112 Å². The van der Waals surface area contributed by atoms with Crippen LogP contribution in [0, 0.1) is 6.92 Å². The highest BCUT2D eigenvalue weighted by atomic mass is 79.9. The molecule has 16 heterocycles. The van der Waals surface area contributed by atoms with E-state index < -0.39 is 7.12 Å². The van der Waals surface area contributed by atoms with Gasteiger partial charge in [0.25, 0.3) is 24.1 Å². The molecule has 14 N–H and O–H groups in total. The molecule has 1 radical (unpaired) electrons. The number of oxazole rings is 4. The van der Waals surface area contributed by atoms with Gasteiger partial charge in [0.05, 0.1) is 56.0 Å². The molecular formula is C77H73B2Br2ClN25O10. The van der Waals surface area contributed by atoms with Gasteiger partial charge in [-0.3, -0.25) is 32.6 Å². The van der Waals surface area contributed by atoms with Crippen molar-refractivity contribution in [3.05, 3.63) is 236 Å². The predicted molar refractivity (Wildman–Crippen MR) is 453 cm³/mol. The van der Waals surface area contributed by atoms with E-state index >= 15 is 0 Å². The Bertz CT molecular complexity index is 6450. The van der Waals surface area contributed by atoms with E-state index in [1.807, 2.05) is 181 Å². The van der Waals surface area contributed by atoms with Gasteiger partial charge in [-0.25, -0.2) is 44.9 Å². The van der Waals surface area contributed by atoms with Crippen LogP contribution in [0.25, 0.3) is 112 Å². The normalized spacial score (nSPS) is 12.1. The Morgan fingerprint density at radius 3 is 1.46 bits per heavy atom. The maximum Gasteiger partial charge on any atom is 0.494 e. The first kappa shape index (κ1) is 84.4. The number of aliphatic hydroxyl groups excluding tert-OH is 1. The van der Waals surface area contributed by atoms with Gasteiger partial charge in [0.1, 0.15) is 28.4 Å². The Hall–Kier alpha value is -13.5. The first-order valence-electron chi connectivity index (χ1n) is 35.0. The molecule has 4 aromatic carbocycles. The number of rotatable bonds is 7. The number of imidazole rings is 4. The van der Waals surface area contributed by atoms with Crippen molar-refractivity contribution in [3.8, 4) is 44.8 Å². The molecule has 117 heavy (non-hydrogen) atoms. The molecule has 0 aliphatic carbocycles. The van der Waals surface area contributed by atoms with Crippen molar-refractivity contribution in [2.75, 3.05) is 41.2 Å². The van der Waals surface area contributed by atoms with Crippen molar-refractivity contribution in [2.24, 2.45) is 0 Å². The molecule has 593 valence electrons. The van der Waals surface area contributed by atoms with Gasteiger partial charge in [0.15, 0.2) is 28.0 Å². The minimum Gasteiger partial charge on any atom is -0.450 e. The van der Waals surface area contributed by atoms with Crippen molar-refractivity contribution in [1.29, 1.82) is 0 Å². The van der Waals surface area contributed by atoms with Gasteiger partial charge >= 0.3 is 14.6 Å². The molecule has 1 aliphatic heterocycles. The molecule has 0 saturated carbocycles. The van der Waals surface area contributed by atoms with E-state index in [-0.39, 0.29) is 53.2 Å². The van der Waals surface area contributed by atoms with Crippen molar-refractivity contribution < 1.29 is 47.4 Å². The number of nitrogens with two attached hydrogens (primary N) is 5. The summed E-state index contributed by atoms with van der Waals surface area (Å²) in [6.45, 7) is 12.0. The van der Waals surface area contributed by atoms with E-state index in [0.29, 0.717) is 57.2 Å². The van der Waals surface area contributed by atoms with Gasteiger partial charge in [-0.1, -0.05) is 23.7 Å². The third kappa shape index (κ3) is 21.3.